The monoisotopic (exact) mass is 297 g/mol. The Labute approximate surface area is 122 Å². The molecule has 0 aliphatic rings. The second-order valence-corrected chi connectivity index (χ2v) is 4.45. The first-order valence-electron chi connectivity index (χ1n) is 5.64. The highest BCUT2D eigenvalue weighted by Crippen LogP contribution is 2.15. The van der Waals surface area contributed by atoms with Gasteiger partial charge < -0.3 is 10.6 Å². The fourth-order valence-electron chi connectivity index (χ4n) is 1.26. The van der Waals surface area contributed by atoms with Crippen molar-refractivity contribution in [1.82, 2.24) is 5.32 Å². The van der Waals surface area contributed by atoms with Crippen LogP contribution >= 0.6 is 23.2 Å². The number of nitrogens with zero attached hydrogens (tertiary/aromatic N) is 1. The molecular formula is C13H13Cl2N3O. The van der Waals surface area contributed by atoms with Gasteiger partial charge in [0, 0.05) is 29.3 Å². The first-order valence-corrected chi connectivity index (χ1v) is 6.55. The van der Waals surface area contributed by atoms with Crippen molar-refractivity contribution in [3.05, 3.63) is 41.1 Å². The van der Waals surface area contributed by atoms with Crippen molar-refractivity contribution in [3.63, 3.8) is 0 Å². The summed E-state index contributed by atoms with van der Waals surface area (Å²) in [5.41, 5.74) is 0.536. The lowest BCUT2D eigenvalue weighted by Gasteiger charge is -2.05. The van der Waals surface area contributed by atoms with Crippen LogP contribution in [0.5, 0.6) is 0 Å². The molecular weight excluding hydrogens is 285 g/mol. The van der Waals surface area contributed by atoms with Gasteiger partial charge in [0.1, 0.15) is 11.6 Å². The molecule has 0 spiro atoms. The Hall–Kier alpha value is -1.70. The number of rotatable bonds is 6. The molecule has 0 heterocycles. The zero-order chi connectivity index (χ0) is 14.1. The normalized spacial score (nSPS) is 10.7. The van der Waals surface area contributed by atoms with Crippen molar-refractivity contribution in [3.8, 4) is 6.07 Å². The van der Waals surface area contributed by atoms with E-state index in [1.165, 1.54) is 6.20 Å². The highest BCUT2D eigenvalue weighted by molar-refractivity contribution is 6.31. The second kappa shape index (κ2) is 8.41. The fraction of sp³-hybridized carbons (Fsp3) is 0.231. The Balaban J connectivity index is 2.62. The van der Waals surface area contributed by atoms with E-state index in [4.69, 9.17) is 28.5 Å². The van der Waals surface area contributed by atoms with Crippen molar-refractivity contribution in [2.75, 3.05) is 17.7 Å². The summed E-state index contributed by atoms with van der Waals surface area (Å²) >= 11 is 11.3. The summed E-state index contributed by atoms with van der Waals surface area (Å²) in [5, 5.41) is 14.9. The molecule has 0 unspecified atom stereocenters. The number of carbonyl (C=O) groups is 1. The molecule has 2 N–H and O–H groups in total. The van der Waals surface area contributed by atoms with Crippen LogP contribution < -0.4 is 10.6 Å². The van der Waals surface area contributed by atoms with Crippen LogP contribution in [0.3, 0.4) is 0 Å². The standard InChI is InChI=1S/C13H13Cl2N3O/c14-5-2-6-17-9-10(8-16)13(19)18-12-4-1-3-11(15)7-12/h1,3-4,7,9,17H,2,5-6H2,(H,18,19)/b10-9-. The van der Waals surface area contributed by atoms with E-state index in [0.29, 0.717) is 23.1 Å². The fourth-order valence-corrected chi connectivity index (χ4v) is 1.58. The van der Waals surface area contributed by atoms with Crippen molar-refractivity contribution < 1.29 is 4.79 Å². The number of benzene rings is 1. The quantitative estimate of drug-likeness (QED) is 0.367. The second-order valence-electron chi connectivity index (χ2n) is 3.63. The summed E-state index contributed by atoms with van der Waals surface area (Å²) in [6.45, 7) is 0.610. The average Bonchev–Trinajstić information content (AvgIpc) is 2.38. The molecule has 1 aromatic rings. The van der Waals surface area contributed by atoms with E-state index in [2.05, 4.69) is 10.6 Å². The maximum Gasteiger partial charge on any atom is 0.267 e. The van der Waals surface area contributed by atoms with Gasteiger partial charge in [-0.1, -0.05) is 17.7 Å². The molecule has 0 aliphatic carbocycles. The van der Waals surface area contributed by atoms with Crippen LogP contribution in [0.1, 0.15) is 6.42 Å². The van der Waals surface area contributed by atoms with E-state index >= 15 is 0 Å². The van der Waals surface area contributed by atoms with Gasteiger partial charge >= 0.3 is 0 Å². The molecule has 0 saturated carbocycles. The van der Waals surface area contributed by atoms with Crippen LogP contribution in [0.4, 0.5) is 5.69 Å². The maximum absolute atomic E-state index is 11.8. The van der Waals surface area contributed by atoms with Gasteiger partial charge in [-0.2, -0.15) is 5.26 Å². The highest BCUT2D eigenvalue weighted by atomic mass is 35.5. The van der Waals surface area contributed by atoms with Gasteiger partial charge in [-0.25, -0.2) is 0 Å². The molecule has 0 radical (unpaired) electrons. The zero-order valence-corrected chi connectivity index (χ0v) is 11.6. The topological polar surface area (TPSA) is 64.9 Å². The Bertz CT molecular complexity index is 509. The Kier molecular flexibility index (Phi) is 6.80. The number of nitriles is 1. The molecule has 0 bridgehead atoms. The van der Waals surface area contributed by atoms with Crippen LogP contribution in [0.25, 0.3) is 0 Å². The van der Waals surface area contributed by atoms with Gasteiger partial charge in [-0.15, -0.1) is 11.6 Å². The number of hydrogen-bond donors (Lipinski definition) is 2. The van der Waals surface area contributed by atoms with Crippen LogP contribution in [-0.4, -0.2) is 18.3 Å². The minimum atomic E-state index is -0.483. The van der Waals surface area contributed by atoms with Crippen molar-refractivity contribution in [2.45, 2.75) is 6.42 Å². The summed E-state index contributed by atoms with van der Waals surface area (Å²) < 4.78 is 0. The predicted octanol–water partition coefficient (Wildman–Crippen LogP) is 2.90. The van der Waals surface area contributed by atoms with Crippen molar-refractivity contribution >= 4 is 34.8 Å². The number of alkyl halides is 1. The Morgan fingerprint density at radius 1 is 1.47 bits per heavy atom. The van der Waals surface area contributed by atoms with E-state index in [1.54, 1.807) is 24.3 Å². The first-order chi connectivity index (χ1) is 9.17. The minimum Gasteiger partial charge on any atom is -0.390 e. The minimum absolute atomic E-state index is 0.00505. The third-order valence-corrected chi connectivity index (χ3v) is 2.65. The molecule has 1 aromatic carbocycles. The van der Waals surface area contributed by atoms with Crippen molar-refractivity contribution in [2.24, 2.45) is 0 Å². The van der Waals surface area contributed by atoms with Crippen LogP contribution in [0.2, 0.25) is 5.02 Å². The number of halogens is 2. The molecule has 0 fully saturated rings. The van der Waals surface area contributed by atoms with Crippen LogP contribution in [0, 0.1) is 11.3 Å². The smallest absolute Gasteiger partial charge is 0.267 e. The lowest BCUT2D eigenvalue weighted by Crippen LogP contribution is -2.17. The highest BCUT2D eigenvalue weighted by Gasteiger charge is 2.08. The molecule has 19 heavy (non-hydrogen) atoms. The maximum atomic E-state index is 11.8. The predicted molar refractivity (Wildman–Crippen MR) is 77.1 cm³/mol. The third-order valence-electron chi connectivity index (χ3n) is 2.15. The molecule has 1 amide bonds. The molecule has 0 aromatic heterocycles. The lowest BCUT2D eigenvalue weighted by molar-refractivity contribution is -0.112. The van der Waals surface area contributed by atoms with Crippen molar-refractivity contribution in [1.29, 1.82) is 5.26 Å². The molecule has 4 nitrogen and oxygen atoms in total. The largest absolute Gasteiger partial charge is 0.390 e. The summed E-state index contributed by atoms with van der Waals surface area (Å²) in [4.78, 5) is 11.8. The molecule has 0 saturated heterocycles. The summed E-state index contributed by atoms with van der Waals surface area (Å²) in [5.74, 6) is 0.0420. The Morgan fingerprint density at radius 2 is 2.26 bits per heavy atom. The van der Waals surface area contributed by atoms with E-state index in [1.807, 2.05) is 6.07 Å². The Morgan fingerprint density at radius 3 is 2.89 bits per heavy atom. The number of amides is 1. The van der Waals surface area contributed by atoms with E-state index in [9.17, 15) is 4.79 Å². The number of carbonyl (C=O) groups excluding carboxylic acids is 1. The van der Waals surface area contributed by atoms with Gasteiger partial charge in [0.15, 0.2) is 0 Å². The summed E-state index contributed by atoms with van der Waals surface area (Å²) in [7, 11) is 0. The van der Waals surface area contributed by atoms with Gasteiger partial charge in [0.05, 0.1) is 0 Å². The number of nitrogens with one attached hydrogen (secondary N) is 2. The van der Waals surface area contributed by atoms with Crippen LogP contribution in [0.15, 0.2) is 36.0 Å². The van der Waals surface area contributed by atoms with E-state index in [-0.39, 0.29) is 5.57 Å². The summed E-state index contributed by atoms with van der Waals surface area (Å²) in [6, 6.07) is 8.55. The van der Waals surface area contributed by atoms with Gasteiger partial charge in [-0.05, 0) is 24.6 Å². The van der Waals surface area contributed by atoms with E-state index in [0.717, 1.165) is 6.42 Å². The first kappa shape index (κ1) is 15.4. The lowest BCUT2D eigenvalue weighted by atomic mass is 10.2. The molecule has 100 valence electrons. The SMILES string of the molecule is N#C/C(=C/NCCCCl)C(=O)Nc1cccc(Cl)c1. The zero-order valence-electron chi connectivity index (χ0n) is 10.1. The molecule has 6 heteroatoms. The molecule has 1 rings (SSSR count). The molecule has 0 aliphatic heterocycles. The summed E-state index contributed by atoms with van der Waals surface area (Å²) in [6.07, 6.45) is 2.14. The number of anilines is 1. The van der Waals surface area contributed by atoms with Gasteiger partial charge in [-0.3, -0.25) is 4.79 Å². The van der Waals surface area contributed by atoms with Crippen LogP contribution in [-0.2, 0) is 4.79 Å². The van der Waals surface area contributed by atoms with Gasteiger partial charge in [0.25, 0.3) is 5.91 Å². The third kappa shape index (κ3) is 5.64. The molecule has 0 atom stereocenters. The number of hydrogen-bond acceptors (Lipinski definition) is 3. The average molecular weight is 298 g/mol. The van der Waals surface area contributed by atoms with Gasteiger partial charge in [0.2, 0.25) is 0 Å². The van der Waals surface area contributed by atoms with E-state index < -0.39 is 5.91 Å².